The molecule has 0 radical (unpaired) electrons. The number of rotatable bonds is 2. The zero-order valence-corrected chi connectivity index (χ0v) is 17.6. The Kier molecular flexibility index (Phi) is 4.33. The molecule has 152 valence electrons. The molecule has 0 atom stereocenters. The first-order valence-corrected chi connectivity index (χ1v) is 10.1. The molecule has 1 aromatic heterocycles. The summed E-state index contributed by atoms with van der Waals surface area (Å²) in [6.45, 7) is 3.96. The average molecular weight is 407 g/mol. The first-order chi connectivity index (χ1) is 15.0. The van der Waals surface area contributed by atoms with Gasteiger partial charge < -0.3 is 4.90 Å². The molecule has 1 amide bonds. The van der Waals surface area contributed by atoms with Crippen molar-refractivity contribution in [3.05, 3.63) is 99.6 Å². The second-order valence-electron chi connectivity index (χ2n) is 7.86. The summed E-state index contributed by atoms with van der Waals surface area (Å²) in [5.74, 6) is 0.323. The van der Waals surface area contributed by atoms with E-state index >= 15 is 0 Å². The number of hydrogen-bond donors (Lipinski definition) is 0. The predicted octanol–water partition coefficient (Wildman–Crippen LogP) is 4.52. The highest BCUT2D eigenvalue weighted by Gasteiger charge is 2.30. The maximum atomic E-state index is 13.5. The topological polar surface area (TPSA) is 55.2 Å². The van der Waals surface area contributed by atoms with E-state index in [1.54, 1.807) is 28.7 Å². The van der Waals surface area contributed by atoms with Crippen molar-refractivity contribution in [2.45, 2.75) is 13.8 Å². The molecule has 0 fully saturated rings. The van der Waals surface area contributed by atoms with Gasteiger partial charge in [0, 0.05) is 12.6 Å². The third-order valence-electron chi connectivity index (χ3n) is 5.77. The lowest BCUT2D eigenvalue weighted by Gasteiger charge is -2.14. The number of anilines is 1. The summed E-state index contributed by atoms with van der Waals surface area (Å²) >= 11 is 0. The molecule has 0 bridgehead atoms. The number of aryl methyl sites for hydroxylation is 2. The summed E-state index contributed by atoms with van der Waals surface area (Å²) in [5, 5.41) is 0.541. The Hall–Kier alpha value is -3.99. The first-order valence-electron chi connectivity index (χ1n) is 10.1. The number of amides is 1. The minimum atomic E-state index is -0.157. The van der Waals surface area contributed by atoms with E-state index in [-0.39, 0.29) is 11.5 Å². The number of likely N-dealkylation sites (N-methyl/N-ethyl adjacent to an activating group) is 1. The highest BCUT2D eigenvalue weighted by atomic mass is 16.2. The molecule has 1 aliphatic rings. The van der Waals surface area contributed by atoms with Gasteiger partial charge in [0.15, 0.2) is 0 Å². The Morgan fingerprint density at radius 3 is 2.42 bits per heavy atom. The van der Waals surface area contributed by atoms with Crippen molar-refractivity contribution >= 4 is 34.1 Å². The van der Waals surface area contributed by atoms with E-state index in [9.17, 15) is 9.59 Å². The van der Waals surface area contributed by atoms with Crippen LogP contribution in [0.5, 0.6) is 0 Å². The van der Waals surface area contributed by atoms with Gasteiger partial charge in [-0.3, -0.25) is 14.2 Å². The summed E-state index contributed by atoms with van der Waals surface area (Å²) in [6, 6.07) is 20.9. The lowest BCUT2D eigenvalue weighted by Crippen LogP contribution is -2.24. The van der Waals surface area contributed by atoms with E-state index in [1.165, 1.54) is 0 Å². The van der Waals surface area contributed by atoms with Crippen molar-refractivity contribution in [3.63, 3.8) is 0 Å². The quantitative estimate of drug-likeness (QED) is 0.459. The molecule has 1 aliphatic heterocycles. The molecule has 5 heteroatoms. The van der Waals surface area contributed by atoms with Gasteiger partial charge in [0.25, 0.3) is 11.5 Å². The van der Waals surface area contributed by atoms with Crippen molar-refractivity contribution in [2.24, 2.45) is 0 Å². The van der Waals surface area contributed by atoms with Gasteiger partial charge in [0.2, 0.25) is 0 Å². The third-order valence-corrected chi connectivity index (χ3v) is 5.77. The molecule has 0 spiro atoms. The minimum Gasteiger partial charge on any atom is -0.311 e. The molecular formula is C26H21N3O2. The normalized spacial score (nSPS) is 14.5. The molecule has 3 aromatic carbocycles. The lowest BCUT2D eigenvalue weighted by molar-refractivity contribution is -0.112. The van der Waals surface area contributed by atoms with Crippen LogP contribution < -0.4 is 10.5 Å². The van der Waals surface area contributed by atoms with Gasteiger partial charge in [-0.25, -0.2) is 4.98 Å². The van der Waals surface area contributed by atoms with Crippen LogP contribution in [0.25, 0.3) is 28.2 Å². The van der Waals surface area contributed by atoms with Crippen LogP contribution >= 0.6 is 0 Å². The van der Waals surface area contributed by atoms with Gasteiger partial charge in [0.05, 0.1) is 27.9 Å². The summed E-state index contributed by atoms with van der Waals surface area (Å²) < 4.78 is 1.60. The zero-order valence-electron chi connectivity index (χ0n) is 17.6. The highest BCUT2D eigenvalue weighted by molar-refractivity contribution is 6.35. The Morgan fingerprint density at radius 2 is 1.61 bits per heavy atom. The fraction of sp³-hybridized carbons (Fsp3) is 0.115. The molecule has 0 N–H and O–H groups in total. The largest absolute Gasteiger partial charge is 0.311 e. The molecule has 0 saturated heterocycles. The second-order valence-corrected chi connectivity index (χ2v) is 7.86. The van der Waals surface area contributed by atoms with Gasteiger partial charge in [-0.2, -0.15) is 0 Å². The number of carbonyl (C=O) groups excluding carboxylic acids is 1. The summed E-state index contributed by atoms with van der Waals surface area (Å²) in [5.41, 5.74) is 5.45. The SMILES string of the molecule is Cc1ccc2c(c1)C(=Cc1nc3ccccc3c(=O)n1-c1ccccc1C)C(=O)N2C. The Bertz CT molecular complexity index is 1460. The van der Waals surface area contributed by atoms with Gasteiger partial charge in [-0.1, -0.05) is 42.0 Å². The molecule has 2 heterocycles. The standard InChI is InChI=1S/C26H21N3O2/c1-16-12-13-23-19(14-16)20(25(30)28(23)3)15-24-27-21-10-6-5-9-18(21)26(31)29(24)22-11-7-4-8-17(22)2/h4-15H,1-3H3. The molecule has 5 nitrogen and oxygen atoms in total. The van der Waals surface area contributed by atoms with Gasteiger partial charge in [0.1, 0.15) is 5.82 Å². The maximum Gasteiger partial charge on any atom is 0.266 e. The van der Waals surface area contributed by atoms with E-state index in [0.717, 1.165) is 28.1 Å². The van der Waals surface area contributed by atoms with Crippen LogP contribution in [0.15, 0.2) is 71.5 Å². The Balaban J connectivity index is 1.85. The minimum absolute atomic E-state index is 0.112. The smallest absolute Gasteiger partial charge is 0.266 e. The number of nitrogens with zero attached hydrogens (tertiary/aromatic N) is 3. The lowest BCUT2D eigenvalue weighted by atomic mass is 10.0. The van der Waals surface area contributed by atoms with E-state index < -0.39 is 0 Å². The zero-order chi connectivity index (χ0) is 21.7. The van der Waals surface area contributed by atoms with Crippen LogP contribution in [-0.4, -0.2) is 22.5 Å². The van der Waals surface area contributed by atoms with Crippen LogP contribution in [0.2, 0.25) is 0 Å². The van der Waals surface area contributed by atoms with Crippen LogP contribution in [0, 0.1) is 13.8 Å². The van der Waals surface area contributed by atoms with Crippen molar-refractivity contribution < 1.29 is 4.79 Å². The van der Waals surface area contributed by atoms with Gasteiger partial charge in [-0.15, -0.1) is 0 Å². The van der Waals surface area contributed by atoms with Crippen molar-refractivity contribution in [1.29, 1.82) is 0 Å². The third kappa shape index (κ3) is 2.97. The first kappa shape index (κ1) is 19.0. The van der Waals surface area contributed by atoms with Crippen molar-refractivity contribution in [3.8, 4) is 5.69 Å². The molecule has 0 unspecified atom stereocenters. The van der Waals surface area contributed by atoms with Gasteiger partial charge in [-0.05, 0) is 55.8 Å². The number of aromatic nitrogens is 2. The molecule has 0 aliphatic carbocycles. The molecule has 31 heavy (non-hydrogen) atoms. The fourth-order valence-corrected chi connectivity index (χ4v) is 4.13. The monoisotopic (exact) mass is 407 g/mol. The summed E-state index contributed by atoms with van der Waals surface area (Å²) in [6.07, 6.45) is 1.74. The van der Waals surface area contributed by atoms with Crippen LogP contribution in [0.3, 0.4) is 0 Å². The van der Waals surface area contributed by atoms with E-state index in [1.807, 2.05) is 74.5 Å². The molecular weight excluding hydrogens is 386 g/mol. The van der Waals surface area contributed by atoms with E-state index in [4.69, 9.17) is 4.98 Å². The van der Waals surface area contributed by atoms with E-state index in [0.29, 0.717) is 22.3 Å². The van der Waals surface area contributed by atoms with Gasteiger partial charge >= 0.3 is 0 Å². The number of benzene rings is 3. The van der Waals surface area contributed by atoms with Crippen LogP contribution in [0.4, 0.5) is 5.69 Å². The van der Waals surface area contributed by atoms with E-state index in [2.05, 4.69) is 0 Å². The highest BCUT2D eigenvalue weighted by Crippen LogP contribution is 2.37. The average Bonchev–Trinajstić information content (AvgIpc) is 2.99. The predicted molar refractivity (Wildman–Crippen MR) is 125 cm³/mol. The van der Waals surface area contributed by atoms with Crippen molar-refractivity contribution in [1.82, 2.24) is 9.55 Å². The number of hydrogen-bond acceptors (Lipinski definition) is 3. The Morgan fingerprint density at radius 1 is 0.871 bits per heavy atom. The summed E-state index contributed by atoms with van der Waals surface area (Å²) in [4.78, 5) is 33.0. The van der Waals surface area contributed by atoms with Crippen LogP contribution in [0.1, 0.15) is 22.5 Å². The van der Waals surface area contributed by atoms with Crippen molar-refractivity contribution in [2.75, 3.05) is 11.9 Å². The Labute approximate surface area is 179 Å². The maximum absolute atomic E-state index is 13.5. The molecule has 5 rings (SSSR count). The molecule has 0 saturated carbocycles. The summed E-state index contributed by atoms with van der Waals surface area (Å²) in [7, 11) is 1.76. The molecule has 4 aromatic rings. The number of carbonyl (C=O) groups is 1. The second kappa shape index (κ2) is 7.06. The number of para-hydroxylation sites is 2. The number of fused-ring (bicyclic) bond motifs is 2. The van der Waals surface area contributed by atoms with Crippen LogP contribution in [-0.2, 0) is 4.79 Å². The fourth-order valence-electron chi connectivity index (χ4n) is 4.13.